The first-order valence-electron chi connectivity index (χ1n) is 12.2. The molecule has 3 rings (SSSR count). The molecule has 0 saturated heterocycles. The second kappa shape index (κ2) is 9.05. The summed E-state index contributed by atoms with van der Waals surface area (Å²) in [6.07, 6.45) is 13.7. The van der Waals surface area contributed by atoms with E-state index in [1.807, 2.05) is 0 Å². The third kappa shape index (κ3) is 3.01. The predicted molar refractivity (Wildman–Crippen MR) is 121 cm³/mol. The maximum atomic E-state index is 11.0. The van der Waals surface area contributed by atoms with E-state index in [9.17, 15) is 20.4 Å². The van der Waals surface area contributed by atoms with Crippen LogP contribution < -0.4 is 0 Å². The highest BCUT2D eigenvalue weighted by atomic mass is 16.3. The molecule has 9 unspecified atom stereocenters. The second-order valence-corrected chi connectivity index (χ2v) is 10.5. The van der Waals surface area contributed by atoms with Gasteiger partial charge in [0.1, 0.15) is 0 Å². The van der Waals surface area contributed by atoms with E-state index in [4.69, 9.17) is 0 Å². The van der Waals surface area contributed by atoms with Crippen molar-refractivity contribution in [1.29, 1.82) is 0 Å². The molecule has 3 aliphatic carbocycles. The summed E-state index contributed by atoms with van der Waals surface area (Å²) in [5, 5.41) is 43.2. The lowest BCUT2D eigenvalue weighted by atomic mass is 9.43. The Balaban J connectivity index is 2.19. The van der Waals surface area contributed by atoms with E-state index in [0.717, 1.165) is 32.1 Å². The number of aliphatic hydroxyl groups is 4. The second-order valence-electron chi connectivity index (χ2n) is 10.5. The molecule has 4 nitrogen and oxygen atoms in total. The zero-order valence-electron chi connectivity index (χ0n) is 19.4. The number of allylic oxidation sites excluding steroid dienone is 4. The largest absolute Gasteiger partial charge is 0.396 e. The minimum Gasteiger partial charge on any atom is -0.396 e. The van der Waals surface area contributed by atoms with E-state index in [2.05, 4.69) is 52.0 Å². The third-order valence-electron chi connectivity index (χ3n) is 10.2. The standard InChI is InChI=1S/C26H44O4/c1-5-20(14-27)25(16-29,21-9-7-18(3)8-10-21)19(4)26(17-30)23-12-11-22(13-23)24(26,6-2)15-28/h7,9,11-12,18-23,27-30H,5-6,8,10,13-17H2,1-4H3. The molecule has 0 spiro atoms. The molecule has 2 bridgehead atoms. The van der Waals surface area contributed by atoms with Gasteiger partial charge in [0.15, 0.2) is 0 Å². The predicted octanol–water partition coefficient (Wildman–Crippen LogP) is 3.80. The topological polar surface area (TPSA) is 80.9 Å². The Hall–Kier alpha value is -0.680. The maximum Gasteiger partial charge on any atom is 0.0502 e. The SMILES string of the molecule is CCC(CO)C(CO)(C1C=CC(C)CC1)C(C)C1(CO)C2C=CC(C2)C1(CC)CO. The maximum absolute atomic E-state index is 11.0. The summed E-state index contributed by atoms with van der Waals surface area (Å²) in [5.74, 6) is 1.05. The van der Waals surface area contributed by atoms with E-state index >= 15 is 0 Å². The normalized spacial score (nSPS) is 41.7. The van der Waals surface area contributed by atoms with Gasteiger partial charge in [0, 0.05) is 36.1 Å². The molecule has 0 aromatic heterocycles. The van der Waals surface area contributed by atoms with Crippen LogP contribution >= 0.6 is 0 Å². The monoisotopic (exact) mass is 420 g/mol. The lowest BCUT2D eigenvalue weighted by Gasteiger charge is -2.61. The van der Waals surface area contributed by atoms with Crippen LogP contribution in [-0.4, -0.2) is 46.9 Å². The van der Waals surface area contributed by atoms with Gasteiger partial charge in [-0.15, -0.1) is 0 Å². The number of rotatable bonds is 10. The van der Waals surface area contributed by atoms with Crippen LogP contribution in [0, 0.1) is 51.8 Å². The van der Waals surface area contributed by atoms with Crippen molar-refractivity contribution in [3.05, 3.63) is 24.3 Å². The fraction of sp³-hybridized carbons (Fsp3) is 0.846. The molecule has 0 heterocycles. The Morgan fingerprint density at radius 3 is 2.13 bits per heavy atom. The summed E-state index contributed by atoms with van der Waals surface area (Å²) < 4.78 is 0. The Morgan fingerprint density at radius 1 is 0.967 bits per heavy atom. The molecule has 0 amide bonds. The summed E-state index contributed by atoms with van der Waals surface area (Å²) >= 11 is 0. The van der Waals surface area contributed by atoms with Gasteiger partial charge >= 0.3 is 0 Å². The first-order valence-corrected chi connectivity index (χ1v) is 12.2. The van der Waals surface area contributed by atoms with E-state index in [1.165, 1.54) is 0 Å². The van der Waals surface area contributed by atoms with Gasteiger partial charge in [-0.2, -0.15) is 0 Å². The van der Waals surface area contributed by atoms with Crippen molar-refractivity contribution in [2.45, 2.75) is 59.8 Å². The van der Waals surface area contributed by atoms with E-state index in [0.29, 0.717) is 5.92 Å². The highest BCUT2D eigenvalue weighted by Gasteiger charge is 2.69. The highest BCUT2D eigenvalue weighted by Crippen LogP contribution is 2.71. The fourth-order valence-corrected chi connectivity index (χ4v) is 8.26. The number of hydrogen-bond donors (Lipinski definition) is 4. The highest BCUT2D eigenvalue weighted by molar-refractivity contribution is 5.27. The number of aliphatic hydroxyl groups excluding tert-OH is 4. The van der Waals surface area contributed by atoms with Gasteiger partial charge in [-0.1, -0.05) is 58.4 Å². The van der Waals surface area contributed by atoms with Gasteiger partial charge in [-0.3, -0.25) is 0 Å². The van der Waals surface area contributed by atoms with Gasteiger partial charge in [-0.05, 0) is 61.2 Å². The van der Waals surface area contributed by atoms with Gasteiger partial charge in [0.25, 0.3) is 0 Å². The van der Waals surface area contributed by atoms with E-state index in [1.54, 1.807) is 0 Å². The summed E-state index contributed by atoms with van der Waals surface area (Å²) in [6.45, 7) is 8.73. The zero-order valence-corrected chi connectivity index (χ0v) is 19.4. The first-order chi connectivity index (χ1) is 14.4. The van der Waals surface area contributed by atoms with Crippen molar-refractivity contribution in [2.75, 3.05) is 26.4 Å². The summed E-state index contributed by atoms with van der Waals surface area (Å²) in [7, 11) is 0. The van der Waals surface area contributed by atoms with Crippen molar-refractivity contribution in [1.82, 2.24) is 0 Å². The van der Waals surface area contributed by atoms with Crippen molar-refractivity contribution in [2.24, 2.45) is 51.8 Å². The van der Waals surface area contributed by atoms with E-state index < -0.39 is 10.8 Å². The smallest absolute Gasteiger partial charge is 0.0502 e. The molecule has 4 N–H and O–H groups in total. The molecular weight excluding hydrogens is 376 g/mol. The molecule has 0 radical (unpaired) electrons. The quantitative estimate of drug-likeness (QED) is 0.405. The van der Waals surface area contributed by atoms with Crippen molar-refractivity contribution >= 4 is 0 Å². The lowest BCUT2D eigenvalue weighted by Crippen LogP contribution is -2.62. The van der Waals surface area contributed by atoms with Crippen molar-refractivity contribution in [3.63, 3.8) is 0 Å². The van der Waals surface area contributed by atoms with Gasteiger partial charge < -0.3 is 20.4 Å². The molecule has 172 valence electrons. The minimum absolute atomic E-state index is 0.00449. The molecule has 9 atom stereocenters. The van der Waals surface area contributed by atoms with Crippen LogP contribution in [0.5, 0.6) is 0 Å². The van der Waals surface area contributed by atoms with Crippen LogP contribution in [0.25, 0.3) is 0 Å². The first kappa shape index (κ1) is 24.0. The van der Waals surface area contributed by atoms with Gasteiger partial charge in [0.2, 0.25) is 0 Å². The summed E-state index contributed by atoms with van der Waals surface area (Å²) in [5.41, 5.74) is -1.42. The average molecular weight is 421 g/mol. The van der Waals surface area contributed by atoms with Crippen LogP contribution in [0.4, 0.5) is 0 Å². The molecular formula is C26H44O4. The Morgan fingerprint density at radius 2 is 1.67 bits per heavy atom. The lowest BCUT2D eigenvalue weighted by molar-refractivity contribution is -0.178. The molecule has 30 heavy (non-hydrogen) atoms. The van der Waals surface area contributed by atoms with Crippen LogP contribution in [0.1, 0.15) is 59.8 Å². The molecule has 0 aromatic rings. The molecule has 0 aliphatic heterocycles. The van der Waals surface area contributed by atoms with Gasteiger partial charge in [-0.25, -0.2) is 0 Å². The van der Waals surface area contributed by atoms with Crippen molar-refractivity contribution in [3.8, 4) is 0 Å². The fourth-order valence-electron chi connectivity index (χ4n) is 8.26. The minimum atomic E-state index is -0.531. The Kier molecular flexibility index (Phi) is 7.23. The molecule has 1 fully saturated rings. The number of fused-ring (bicyclic) bond motifs is 2. The zero-order chi connectivity index (χ0) is 22.2. The molecule has 3 aliphatic rings. The third-order valence-corrected chi connectivity index (χ3v) is 10.2. The Labute approximate surface area is 183 Å². The molecule has 1 saturated carbocycles. The average Bonchev–Trinajstić information content (AvgIpc) is 3.36. The Bertz CT molecular complexity index is 635. The molecule has 4 heteroatoms. The van der Waals surface area contributed by atoms with Crippen LogP contribution in [0.15, 0.2) is 24.3 Å². The molecule has 0 aromatic carbocycles. The number of hydrogen-bond acceptors (Lipinski definition) is 4. The van der Waals surface area contributed by atoms with Crippen molar-refractivity contribution < 1.29 is 20.4 Å². The van der Waals surface area contributed by atoms with Crippen LogP contribution in [0.3, 0.4) is 0 Å². The summed E-state index contributed by atoms with van der Waals surface area (Å²) in [6, 6.07) is 0. The van der Waals surface area contributed by atoms with Gasteiger partial charge in [0.05, 0.1) is 6.61 Å². The summed E-state index contributed by atoms with van der Waals surface area (Å²) in [4.78, 5) is 0. The van der Waals surface area contributed by atoms with Crippen LogP contribution in [-0.2, 0) is 0 Å². The van der Waals surface area contributed by atoms with Crippen LogP contribution in [0.2, 0.25) is 0 Å². The van der Waals surface area contributed by atoms with E-state index in [-0.39, 0.29) is 61.4 Å².